The van der Waals surface area contributed by atoms with Crippen LogP contribution in [-0.2, 0) is 0 Å². The second-order valence-corrected chi connectivity index (χ2v) is 4.20. The minimum Gasteiger partial charge on any atom is -0.312 e. The first-order chi connectivity index (χ1) is 7.79. The average Bonchev–Trinajstić information content (AvgIpc) is 2.39. The molecular weight excluding hydrogens is 214 g/mol. The van der Waals surface area contributed by atoms with E-state index in [0.717, 1.165) is 5.69 Å². The van der Waals surface area contributed by atoms with Crippen molar-refractivity contribution in [2.75, 3.05) is 4.31 Å². The molecule has 2 rings (SSSR count). The third-order valence-electron chi connectivity index (χ3n) is 2.67. The molecule has 1 unspecified atom stereocenters. The van der Waals surface area contributed by atoms with Gasteiger partial charge in [0.1, 0.15) is 0 Å². The number of rotatable bonds is 3. The van der Waals surface area contributed by atoms with E-state index >= 15 is 0 Å². The maximum Gasteiger partial charge on any atom is 0.0625 e. The fourth-order valence-corrected chi connectivity index (χ4v) is 1.94. The van der Waals surface area contributed by atoms with Gasteiger partial charge in [-0.15, -0.1) is 0 Å². The molecule has 0 saturated carbocycles. The highest BCUT2D eigenvalue weighted by molar-refractivity contribution is 7.81. The van der Waals surface area contributed by atoms with Crippen LogP contribution in [0.1, 0.15) is 18.5 Å². The topological polar surface area (TPSA) is 3.24 Å². The first-order valence-corrected chi connectivity index (χ1v) is 5.77. The van der Waals surface area contributed by atoms with Gasteiger partial charge >= 0.3 is 0 Å². The number of thiol groups is 1. The molecule has 0 amide bonds. The third-order valence-corrected chi connectivity index (χ3v) is 3.25. The molecule has 16 heavy (non-hydrogen) atoms. The van der Waals surface area contributed by atoms with Crippen molar-refractivity contribution < 1.29 is 0 Å². The highest BCUT2D eigenvalue weighted by Gasteiger charge is 2.12. The number of hydrogen-bond acceptors (Lipinski definition) is 2. The largest absolute Gasteiger partial charge is 0.312 e. The first-order valence-electron chi connectivity index (χ1n) is 5.37. The average molecular weight is 229 g/mol. The number of anilines is 1. The summed E-state index contributed by atoms with van der Waals surface area (Å²) in [5.74, 6) is 0. The Morgan fingerprint density at radius 2 is 1.38 bits per heavy atom. The van der Waals surface area contributed by atoms with Crippen LogP contribution in [0, 0.1) is 0 Å². The minimum absolute atomic E-state index is 0.256. The maximum absolute atomic E-state index is 4.56. The monoisotopic (exact) mass is 229 g/mol. The van der Waals surface area contributed by atoms with E-state index in [9.17, 15) is 0 Å². The van der Waals surface area contributed by atoms with E-state index in [2.05, 4.69) is 56.1 Å². The van der Waals surface area contributed by atoms with Gasteiger partial charge in [0.25, 0.3) is 0 Å². The molecule has 0 fully saturated rings. The van der Waals surface area contributed by atoms with E-state index in [1.165, 1.54) is 5.56 Å². The second kappa shape index (κ2) is 5.08. The quantitative estimate of drug-likeness (QED) is 0.775. The smallest absolute Gasteiger partial charge is 0.0625 e. The van der Waals surface area contributed by atoms with Crippen molar-refractivity contribution in [2.45, 2.75) is 13.0 Å². The van der Waals surface area contributed by atoms with Gasteiger partial charge in [-0.25, -0.2) is 0 Å². The van der Waals surface area contributed by atoms with Crippen molar-refractivity contribution >= 4 is 18.5 Å². The van der Waals surface area contributed by atoms with Crippen LogP contribution in [0.2, 0.25) is 0 Å². The van der Waals surface area contributed by atoms with Crippen LogP contribution < -0.4 is 4.31 Å². The van der Waals surface area contributed by atoms with Crippen LogP contribution in [0.5, 0.6) is 0 Å². The lowest BCUT2D eigenvalue weighted by atomic mass is 10.1. The molecule has 0 aliphatic carbocycles. The Hall–Kier alpha value is -1.41. The number of hydrogen-bond donors (Lipinski definition) is 1. The minimum atomic E-state index is 0.256. The molecule has 0 bridgehead atoms. The third kappa shape index (κ3) is 2.39. The van der Waals surface area contributed by atoms with Gasteiger partial charge < -0.3 is 4.31 Å². The zero-order valence-corrected chi connectivity index (χ0v) is 10.1. The van der Waals surface area contributed by atoms with Crippen molar-refractivity contribution in [3.8, 4) is 0 Å². The normalized spacial score (nSPS) is 12.1. The van der Waals surface area contributed by atoms with E-state index in [4.69, 9.17) is 0 Å². The van der Waals surface area contributed by atoms with Gasteiger partial charge in [-0.1, -0.05) is 61.3 Å². The molecule has 1 nitrogen and oxygen atoms in total. The summed E-state index contributed by atoms with van der Waals surface area (Å²) < 4.78 is 1.98. The van der Waals surface area contributed by atoms with E-state index < -0.39 is 0 Å². The molecular formula is C14H15NS. The molecule has 0 aliphatic rings. The van der Waals surface area contributed by atoms with E-state index in [0.29, 0.717) is 0 Å². The van der Waals surface area contributed by atoms with Gasteiger partial charge in [0.15, 0.2) is 0 Å². The molecule has 0 saturated heterocycles. The summed E-state index contributed by atoms with van der Waals surface area (Å²) >= 11 is 4.56. The van der Waals surface area contributed by atoms with Gasteiger partial charge in [-0.05, 0) is 24.6 Å². The van der Waals surface area contributed by atoms with Crippen molar-refractivity contribution in [1.29, 1.82) is 0 Å². The lowest BCUT2D eigenvalue weighted by Crippen LogP contribution is -2.15. The molecule has 0 aliphatic heterocycles. The summed E-state index contributed by atoms with van der Waals surface area (Å²) in [4.78, 5) is 0. The Kier molecular flexibility index (Phi) is 3.52. The molecule has 2 aromatic rings. The van der Waals surface area contributed by atoms with Gasteiger partial charge in [-0.2, -0.15) is 0 Å². The summed E-state index contributed by atoms with van der Waals surface area (Å²) in [6, 6.07) is 20.8. The molecule has 1 atom stereocenters. The van der Waals surface area contributed by atoms with Crippen molar-refractivity contribution in [1.82, 2.24) is 0 Å². The lowest BCUT2D eigenvalue weighted by Gasteiger charge is -2.25. The molecule has 2 aromatic carbocycles. The zero-order valence-electron chi connectivity index (χ0n) is 9.25. The molecule has 0 aromatic heterocycles. The summed E-state index contributed by atoms with van der Waals surface area (Å²) in [7, 11) is 0. The Bertz CT molecular complexity index is 384. The lowest BCUT2D eigenvalue weighted by molar-refractivity contribution is 0.825. The standard InChI is InChI=1S/C14H15NS/c1-12(13-8-4-2-5-9-13)15(16)14-10-6-3-7-11-14/h2-12,16H,1H3. The van der Waals surface area contributed by atoms with Gasteiger partial charge in [0, 0.05) is 5.69 Å². The van der Waals surface area contributed by atoms with E-state index in [-0.39, 0.29) is 6.04 Å². The van der Waals surface area contributed by atoms with Gasteiger partial charge in [0.2, 0.25) is 0 Å². The Morgan fingerprint density at radius 1 is 0.875 bits per heavy atom. The van der Waals surface area contributed by atoms with Crippen LogP contribution in [0.4, 0.5) is 5.69 Å². The predicted octanol–water partition coefficient (Wildman–Crippen LogP) is 4.10. The molecule has 82 valence electrons. The molecule has 0 heterocycles. The van der Waals surface area contributed by atoms with Crippen LogP contribution in [0.25, 0.3) is 0 Å². The fourth-order valence-electron chi connectivity index (χ4n) is 1.68. The summed E-state index contributed by atoms with van der Waals surface area (Å²) in [5, 5.41) is 0. The first kappa shape index (κ1) is 11.1. The second-order valence-electron chi connectivity index (χ2n) is 3.77. The van der Waals surface area contributed by atoms with Crippen molar-refractivity contribution in [3.05, 3.63) is 66.2 Å². The predicted molar refractivity (Wildman–Crippen MR) is 72.8 cm³/mol. The Labute approximate surface area is 102 Å². The van der Waals surface area contributed by atoms with Crippen LogP contribution in [0.3, 0.4) is 0 Å². The highest BCUT2D eigenvalue weighted by Crippen LogP contribution is 2.27. The number of nitrogens with zero attached hydrogens (tertiary/aromatic N) is 1. The van der Waals surface area contributed by atoms with Gasteiger partial charge in [0.05, 0.1) is 6.04 Å². The zero-order chi connectivity index (χ0) is 11.4. The Morgan fingerprint density at radius 3 is 1.94 bits per heavy atom. The maximum atomic E-state index is 4.56. The molecule has 0 N–H and O–H groups in total. The molecule has 0 radical (unpaired) electrons. The van der Waals surface area contributed by atoms with Crippen LogP contribution >= 0.6 is 12.8 Å². The van der Waals surface area contributed by atoms with E-state index in [1.807, 2.05) is 28.6 Å². The SMILES string of the molecule is CC(c1ccccc1)N(S)c1ccccc1. The number of para-hydroxylation sites is 1. The fraction of sp³-hybridized carbons (Fsp3) is 0.143. The highest BCUT2D eigenvalue weighted by atomic mass is 32.1. The summed E-state index contributed by atoms with van der Waals surface area (Å²) in [5.41, 5.74) is 2.38. The summed E-state index contributed by atoms with van der Waals surface area (Å²) in [6.07, 6.45) is 0. The van der Waals surface area contributed by atoms with Crippen LogP contribution in [0.15, 0.2) is 60.7 Å². The summed E-state index contributed by atoms with van der Waals surface area (Å²) in [6.45, 7) is 2.15. The van der Waals surface area contributed by atoms with Crippen molar-refractivity contribution in [2.24, 2.45) is 0 Å². The Balaban J connectivity index is 2.20. The van der Waals surface area contributed by atoms with Crippen molar-refractivity contribution in [3.63, 3.8) is 0 Å². The number of benzene rings is 2. The van der Waals surface area contributed by atoms with Crippen LogP contribution in [-0.4, -0.2) is 0 Å². The van der Waals surface area contributed by atoms with E-state index in [1.54, 1.807) is 0 Å². The molecule has 2 heteroatoms. The van der Waals surface area contributed by atoms with Gasteiger partial charge in [-0.3, -0.25) is 0 Å². The molecule has 0 spiro atoms.